The van der Waals surface area contributed by atoms with Crippen LogP contribution in [0.3, 0.4) is 0 Å². The summed E-state index contributed by atoms with van der Waals surface area (Å²) in [7, 11) is 1.45. The second kappa shape index (κ2) is 11.5. The predicted octanol–water partition coefficient (Wildman–Crippen LogP) is 0.679. The van der Waals surface area contributed by atoms with Gasteiger partial charge < -0.3 is 35.4 Å². The fourth-order valence-corrected chi connectivity index (χ4v) is 3.14. The monoisotopic (exact) mass is 450 g/mol. The fraction of sp³-hybridized carbons (Fsp3) is 0.478. The number of aliphatic hydroxyl groups is 3. The van der Waals surface area contributed by atoms with Crippen LogP contribution >= 0.6 is 0 Å². The first kappa shape index (κ1) is 25.9. The molecule has 32 heavy (non-hydrogen) atoms. The Kier molecular flexibility index (Phi) is 9.26. The van der Waals surface area contributed by atoms with Crippen molar-refractivity contribution in [2.24, 2.45) is 0 Å². The minimum Gasteiger partial charge on any atom is -0.668 e. The molecule has 1 heterocycles. The first-order chi connectivity index (χ1) is 15.1. The van der Waals surface area contributed by atoms with E-state index in [0.717, 1.165) is 11.1 Å². The van der Waals surface area contributed by atoms with Crippen LogP contribution in [0.15, 0.2) is 53.2 Å². The molecule has 5 N–H and O–H groups in total. The molecule has 1 aliphatic heterocycles. The van der Waals surface area contributed by atoms with Crippen LogP contribution in [0.1, 0.15) is 46.1 Å². The van der Waals surface area contributed by atoms with Crippen LogP contribution in [0.5, 0.6) is 5.75 Å². The molecule has 2 unspecified atom stereocenters. The predicted molar refractivity (Wildman–Crippen MR) is 117 cm³/mol. The van der Waals surface area contributed by atoms with Crippen molar-refractivity contribution in [1.82, 2.24) is 5.32 Å². The molecule has 0 spiro atoms. The molecule has 0 saturated carbocycles. The van der Waals surface area contributed by atoms with Crippen molar-refractivity contribution < 1.29 is 40.1 Å². The Morgan fingerprint density at radius 3 is 2.53 bits per heavy atom. The van der Waals surface area contributed by atoms with Crippen LogP contribution < -0.4 is 20.4 Å². The van der Waals surface area contributed by atoms with Gasteiger partial charge in [-0.15, -0.1) is 5.06 Å². The highest BCUT2D eigenvalue weighted by molar-refractivity contribution is 5.54. The summed E-state index contributed by atoms with van der Waals surface area (Å²) in [5.74, 6) is 0.522. The third-order valence-electron chi connectivity index (χ3n) is 5.35. The Labute approximate surface area is 188 Å². The summed E-state index contributed by atoms with van der Waals surface area (Å²) in [6.07, 6.45) is 3.31. The van der Waals surface area contributed by atoms with Crippen molar-refractivity contribution in [3.63, 3.8) is 0 Å². The van der Waals surface area contributed by atoms with E-state index in [4.69, 9.17) is 9.47 Å². The van der Waals surface area contributed by atoms with Gasteiger partial charge in [0.1, 0.15) is 18.1 Å². The summed E-state index contributed by atoms with van der Waals surface area (Å²) in [5, 5.41) is 43.6. The molecule has 0 bridgehead atoms. The largest absolute Gasteiger partial charge is 0.668 e. The van der Waals surface area contributed by atoms with Gasteiger partial charge in [0, 0.05) is 14.0 Å². The van der Waals surface area contributed by atoms with Crippen LogP contribution in [0.4, 0.5) is 0 Å². The SMILES string of the molecule is COC1/C(=C/c2ccc(OC/C=C(\C)CC[C@H](O)C(C)(C)O)cc2)NC(O)=C(C)[NH+]1O[O-]. The van der Waals surface area contributed by atoms with Crippen LogP contribution in [-0.2, 0) is 9.73 Å². The number of quaternary nitrogens is 1. The van der Waals surface area contributed by atoms with Crippen molar-refractivity contribution in [2.45, 2.75) is 58.5 Å². The summed E-state index contributed by atoms with van der Waals surface area (Å²) in [4.78, 5) is 4.17. The van der Waals surface area contributed by atoms with Gasteiger partial charge in [-0.1, -0.05) is 17.7 Å². The lowest BCUT2D eigenvalue weighted by Gasteiger charge is -2.32. The van der Waals surface area contributed by atoms with Gasteiger partial charge in [0.2, 0.25) is 0 Å². The van der Waals surface area contributed by atoms with Gasteiger partial charge >= 0.3 is 0 Å². The topological polar surface area (TPSA) is 128 Å². The molecule has 0 saturated heterocycles. The summed E-state index contributed by atoms with van der Waals surface area (Å²) in [6.45, 7) is 7.09. The summed E-state index contributed by atoms with van der Waals surface area (Å²) in [6, 6.07) is 7.31. The maximum atomic E-state index is 11.1. The molecule has 9 heteroatoms. The molecule has 0 radical (unpaired) electrons. The quantitative estimate of drug-likeness (QED) is 0.200. The van der Waals surface area contributed by atoms with Gasteiger partial charge in [0.25, 0.3) is 12.1 Å². The third-order valence-corrected chi connectivity index (χ3v) is 5.35. The molecule has 2 rings (SSSR count). The van der Waals surface area contributed by atoms with E-state index >= 15 is 0 Å². The number of allylic oxidation sites excluding steroid dienone is 2. The molecule has 0 aromatic heterocycles. The zero-order valence-electron chi connectivity index (χ0n) is 19.2. The van der Waals surface area contributed by atoms with Gasteiger partial charge in [0.15, 0.2) is 5.70 Å². The van der Waals surface area contributed by atoms with Gasteiger partial charge in [-0.3, -0.25) is 0 Å². The first-order valence-electron chi connectivity index (χ1n) is 10.4. The molecule has 3 atom stereocenters. The fourth-order valence-electron chi connectivity index (χ4n) is 3.14. The van der Waals surface area contributed by atoms with Crippen LogP contribution in [0, 0.1) is 0 Å². The first-order valence-corrected chi connectivity index (χ1v) is 10.4. The number of nitrogens with one attached hydrogen (secondary N) is 2. The minimum absolute atomic E-state index is 0.00665. The van der Waals surface area contributed by atoms with Crippen molar-refractivity contribution in [1.29, 1.82) is 0 Å². The number of methoxy groups -OCH3 is 1. The summed E-state index contributed by atoms with van der Waals surface area (Å²) in [5.41, 5.74) is 1.54. The number of aliphatic hydroxyl groups excluding tert-OH is 2. The van der Waals surface area contributed by atoms with E-state index in [9.17, 15) is 20.6 Å². The number of hydroxylamine groups is 2. The van der Waals surface area contributed by atoms with Crippen molar-refractivity contribution in [3.8, 4) is 5.75 Å². The normalized spacial score (nSPS) is 22.1. The van der Waals surface area contributed by atoms with Gasteiger partial charge in [0.05, 0.1) is 11.7 Å². The molecule has 9 nitrogen and oxygen atoms in total. The molecule has 0 fully saturated rings. The highest BCUT2D eigenvalue weighted by Crippen LogP contribution is 2.18. The third kappa shape index (κ3) is 7.06. The van der Waals surface area contributed by atoms with Gasteiger partial charge in [-0.2, -0.15) is 0 Å². The lowest BCUT2D eigenvalue weighted by molar-refractivity contribution is -1.22. The molecule has 0 amide bonds. The van der Waals surface area contributed by atoms with Crippen LogP contribution in [0.2, 0.25) is 0 Å². The molecule has 0 aliphatic carbocycles. The average Bonchev–Trinajstić information content (AvgIpc) is 2.74. The smallest absolute Gasteiger partial charge is 0.267 e. The number of hydrogen-bond donors (Lipinski definition) is 5. The Morgan fingerprint density at radius 2 is 1.97 bits per heavy atom. The van der Waals surface area contributed by atoms with Gasteiger partial charge in [-0.05, 0) is 63.5 Å². The van der Waals surface area contributed by atoms with E-state index in [1.54, 1.807) is 26.8 Å². The Hall–Kier alpha value is -2.40. The lowest BCUT2D eigenvalue weighted by atomic mass is 9.96. The molecule has 1 aromatic carbocycles. The highest BCUT2D eigenvalue weighted by atomic mass is 17.2. The second-order valence-corrected chi connectivity index (χ2v) is 8.40. The van der Waals surface area contributed by atoms with Crippen molar-refractivity contribution in [2.75, 3.05) is 13.7 Å². The molecular weight excluding hydrogens is 416 g/mol. The maximum Gasteiger partial charge on any atom is 0.267 e. The van der Waals surface area contributed by atoms with E-state index < -0.39 is 17.9 Å². The number of rotatable bonds is 10. The summed E-state index contributed by atoms with van der Waals surface area (Å²) < 4.78 is 11.1. The molecule has 178 valence electrons. The molecular formula is C23H34N2O7. The van der Waals surface area contributed by atoms with E-state index in [1.807, 2.05) is 37.3 Å². The van der Waals surface area contributed by atoms with E-state index in [-0.39, 0.29) is 10.9 Å². The number of hydrogen-bond acceptors (Lipinski definition) is 8. The molecule has 1 aromatic rings. The standard InChI is InChI=1S/C23H34N2O7/c1-15(6-11-20(26)23(3,4)28)12-13-31-18-9-7-17(8-10-18)14-19-22(30-5)25(32-29)16(2)21(27)24-19/h7-10,12,14,20,22,24,26-29H,6,11,13H2,1-5H3/b15-12+,19-14-/t20-,22?/m0/s1. The van der Waals surface area contributed by atoms with Crippen molar-refractivity contribution in [3.05, 3.63) is 58.8 Å². The van der Waals surface area contributed by atoms with Gasteiger partial charge in [-0.25, -0.2) is 4.99 Å². The second-order valence-electron chi connectivity index (χ2n) is 8.40. The van der Waals surface area contributed by atoms with E-state index in [0.29, 0.717) is 36.6 Å². The number of benzene rings is 1. The molecule has 1 aliphatic rings. The van der Waals surface area contributed by atoms with E-state index in [2.05, 4.69) is 10.3 Å². The zero-order valence-corrected chi connectivity index (χ0v) is 19.2. The number of ether oxygens (including phenoxy) is 2. The highest BCUT2D eigenvalue weighted by Gasteiger charge is 2.35. The maximum absolute atomic E-state index is 11.1. The zero-order chi connectivity index (χ0) is 23.9. The minimum atomic E-state index is -1.11. The van der Waals surface area contributed by atoms with E-state index in [1.165, 1.54) is 7.11 Å². The average molecular weight is 451 g/mol. The van der Waals surface area contributed by atoms with Crippen molar-refractivity contribution >= 4 is 6.08 Å². The Morgan fingerprint density at radius 1 is 1.31 bits per heavy atom. The summed E-state index contributed by atoms with van der Waals surface area (Å²) >= 11 is 0. The Bertz CT molecular complexity index is 841. The van der Waals surface area contributed by atoms with Crippen LogP contribution in [0.25, 0.3) is 6.08 Å². The van der Waals surface area contributed by atoms with Crippen LogP contribution in [-0.4, -0.2) is 47.0 Å². The lowest BCUT2D eigenvalue weighted by Crippen LogP contribution is -3.16. The Balaban J connectivity index is 1.96.